The number of para-hydroxylation sites is 1. The summed E-state index contributed by atoms with van der Waals surface area (Å²) in [5, 5.41) is 7.40. The minimum atomic E-state index is -3.43. The molecular weight excluding hydrogens is 388 g/mol. The zero-order valence-electron chi connectivity index (χ0n) is 16.8. The Hall–Kier alpha value is -3.13. The van der Waals surface area contributed by atoms with Gasteiger partial charge < -0.3 is 5.32 Å². The van der Waals surface area contributed by atoms with Gasteiger partial charge in [-0.05, 0) is 50.6 Å². The third-order valence-electron chi connectivity index (χ3n) is 4.66. The van der Waals surface area contributed by atoms with Crippen LogP contribution in [0.3, 0.4) is 0 Å². The van der Waals surface area contributed by atoms with Crippen molar-refractivity contribution in [1.29, 1.82) is 0 Å². The van der Waals surface area contributed by atoms with Crippen LogP contribution in [0.5, 0.6) is 0 Å². The molecule has 0 radical (unpaired) electrons. The van der Waals surface area contributed by atoms with Crippen molar-refractivity contribution < 1.29 is 13.2 Å². The fourth-order valence-electron chi connectivity index (χ4n) is 3.11. The van der Waals surface area contributed by atoms with Gasteiger partial charge in [-0.1, -0.05) is 24.3 Å². The molecule has 0 fully saturated rings. The number of aryl methyl sites for hydroxylation is 1. The van der Waals surface area contributed by atoms with E-state index in [0.717, 1.165) is 28.8 Å². The molecule has 0 aliphatic rings. The predicted octanol–water partition coefficient (Wildman–Crippen LogP) is 3.35. The molecule has 0 saturated heterocycles. The first kappa shape index (κ1) is 20.6. The van der Waals surface area contributed by atoms with Gasteiger partial charge in [-0.25, -0.2) is 13.1 Å². The molecule has 1 aromatic heterocycles. The SMILES string of the molecule is Cc1ccc(C(=O)NC(C)c2cnn(-c3ccccc3)c2C)cc1NS(C)(=O)=O. The summed E-state index contributed by atoms with van der Waals surface area (Å²) in [5.41, 5.74) is 4.29. The Kier molecular flexibility index (Phi) is 5.74. The van der Waals surface area contributed by atoms with E-state index in [-0.39, 0.29) is 11.9 Å². The second-order valence-corrected chi connectivity index (χ2v) is 8.78. The van der Waals surface area contributed by atoms with Crippen LogP contribution in [0, 0.1) is 13.8 Å². The molecule has 2 aromatic carbocycles. The van der Waals surface area contributed by atoms with Crippen LogP contribution in [-0.2, 0) is 10.0 Å². The Morgan fingerprint density at radius 3 is 2.45 bits per heavy atom. The summed E-state index contributed by atoms with van der Waals surface area (Å²) in [6.45, 7) is 5.62. The largest absolute Gasteiger partial charge is 0.345 e. The second kappa shape index (κ2) is 8.08. The second-order valence-electron chi connectivity index (χ2n) is 7.03. The number of hydrogen-bond donors (Lipinski definition) is 2. The molecular formula is C21H24N4O3S. The van der Waals surface area contributed by atoms with E-state index >= 15 is 0 Å². The molecule has 1 heterocycles. The first-order chi connectivity index (χ1) is 13.7. The van der Waals surface area contributed by atoms with Crippen molar-refractivity contribution in [1.82, 2.24) is 15.1 Å². The van der Waals surface area contributed by atoms with Gasteiger partial charge in [0.25, 0.3) is 5.91 Å². The number of carbonyl (C=O) groups excluding carboxylic acids is 1. The normalized spacial score (nSPS) is 12.4. The summed E-state index contributed by atoms with van der Waals surface area (Å²) in [4.78, 5) is 12.7. The van der Waals surface area contributed by atoms with Crippen molar-refractivity contribution in [3.05, 3.63) is 77.1 Å². The number of benzene rings is 2. The van der Waals surface area contributed by atoms with Gasteiger partial charge in [0.1, 0.15) is 0 Å². The third kappa shape index (κ3) is 4.83. The van der Waals surface area contributed by atoms with Crippen molar-refractivity contribution in [3.63, 3.8) is 0 Å². The van der Waals surface area contributed by atoms with Crippen LogP contribution in [-0.4, -0.2) is 30.4 Å². The van der Waals surface area contributed by atoms with E-state index in [9.17, 15) is 13.2 Å². The number of amides is 1. The Labute approximate surface area is 170 Å². The fraction of sp³-hybridized carbons (Fsp3) is 0.238. The summed E-state index contributed by atoms with van der Waals surface area (Å²) in [6.07, 6.45) is 2.83. The first-order valence-electron chi connectivity index (χ1n) is 9.15. The Morgan fingerprint density at radius 2 is 1.79 bits per heavy atom. The maximum atomic E-state index is 12.7. The average Bonchev–Trinajstić information content (AvgIpc) is 3.04. The van der Waals surface area contributed by atoms with Crippen molar-refractivity contribution in [3.8, 4) is 5.69 Å². The molecule has 1 atom stereocenters. The van der Waals surface area contributed by atoms with E-state index < -0.39 is 10.0 Å². The standard InChI is InChI=1S/C21H24N4O3S/c1-14-10-11-17(12-20(14)24-29(4,27)28)21(26)23-15(2)19-13-22-25(16(19)3)18-8-6-5-7-9-18/h5-13,15,24H,1-4H3,(H,23,26). The van der Waals surface area contributed by atoms with E-state index in [4.69, 9.17) is 0 Å². The molecule has 0 spiro atoms. The molecule has 0 saturated carbocycles. The zero-order chi connectivity index (χ0) is 21.2. The van der Waals surface area contributed by atoms with Crippen molar-refractivity contribution in [2.75, 3.05) is 11.0 Å². The van der Waals surface area contributed by atoms with Crippen LogP contribution in [0.2, 0.25) is 0 Å². The number of sulfonamides is 1. The molecule has 7 nitrogen and oxygen atoms in total. The van der Waals surface area contributed by atoms with Gasteiger partial charge in [0.05, 0.1) is 29.9 Å². The van der Waals surface area contributed by atoms with Crippen LogP contribution in [0.1, 0.15) is 40.1 Å². The lowest BCUT2D eigenvalue weighted by atomic mass is 10.1. The maximum absolute atomic E-state index is 12.7. The molecule has 1 amide bonds. The van der Waals surface area contributed by atoms with E-state index in [2.05, 4.69) is 15.1 Å². The molecule has 0 bridgehead atoms. The number of nitrogens with one attached hydrogen (secondary N) is 2. The van der Waals surface area contributed by atoms with Gasteiger partial charge >= 0.3 is 0 Å². The quantitative estimate of drug-likeness (QED) is 0.649. The molecule has 152 valence electrons. The third-order valence-corrected chi connectivity index (χ3v) is 5.25. The van der Waals surface area contributed by atoms with E-state index in [1.165, 1.54) is 0 Å². The highest BCUT2D eigenvalue weighted by molar-refractivity contribution is 7.92. The highest BCUT2D eigenvalue weighted by atomic mass is 32.2. The van der Waals surface area contributed by atoms with Crippen LogP contribution in [0.15, 0.2) is 54.7 Å². The molecule has 8 heteroatoms. The van der Waals surface area contributed by atoms with Crippen LogP contribution < -0.4 is 10.0 Å². The summed E-state index contributed by atoms with van der Waals surface area (Å²) >= 11 is 0. The lowest BCUT2D eigenvalue weighted by Crippen LogP contribution is -2.27. The van der Waals surface area contributed by atoms with E-state index in [0.29, 0.717) is 11.3 Å². The van der Waals surface area contributed by atoms with E-state index in [1.54, 1.807) is 31.3 Å². The lowest BCUT2D eigenvalue weighted by Gasteiger charge is -2.15. The molecule has 1 unspecified atom stereocenters. The van der Waals surface area contributed by atoms with Crippen molar-refractivity contribution in [2.45, 2.75) is 26.8 Å². The molecule has 2 N–H and O–H groups in total. The Balaban J connectivity index is 1.80. The smallest absolute Gasteiger partial charge is 0.251 e. The molecule has 3 rings (SSSR count). The Morgan fingerprint density at radius 1 is 1.10 bits per heavy atom. The summed E-state index contributed by atoms with van der Waals surface area (Å²) < 4.78 is 27.3. The van der Waals surface area contributed by atoms with Crippen LogP contribution in [0.4, 0.5) is 5.69 Å². The summed E-state index contributed by atoms with van der Waals surface area (Å²) in [5.74, 6) is -0.291. The minimum Gasteiger partial charge on any atom is -0.345 e. The zero-order valence-corrected chi connectivity index (χ0v) is 17.6. The number of hydrogen-bond acceptors (Lipinski definition) is 4. The Bertz CT molecular complexity index is 1140. The average molecular weight is 413 g/mol. The highest BCUT2D eigenvalue weighted by Crippen LogP contribution is 2.22. The van der Waals surface area contributed by atoms with Gasteiger partial charge in [0.15, 0.2) is 0 Å². The predicted molar refractivity (Wildman–Crippen MR) is 114 cm³/mol. The monoisotopic (exact) mass is 412 g/mol. The number of anilines is 1. The molecule has 3 aromatic rings. The van der Waals surface area contributed by atoms with Crippen LogP contribution in [0.25, 0.3) is 5.69 Å². The highest BCUT2D eigenvalue weighted by Gasteiger charge is 2.18. The van der Waals surface area contributed by atoms with Gasteiger partial charge in [0, 0.05) is 16.8 Å². The van der Waals surface area contributed by atoms with Crippen LogP contribution >= 0.6 is 0 Å². The molecule has 29 heavy (non-hydrogen) atoms. The topological polar surface area (TPSA) is 93.1 Å². The van der Waals surface area contributed by atoms with Crippen molar-refractivity contribution in [2.24, 2.45) is 0 Å². The number of rotatable bonds is 6. The summed E-state index contributed by atoms with van der Waals surface area (Å²) in [7, 11) is -3.43. The molecule has 0 aliphatic carbocycles. The lowest BCUT2D eigenvalue weighted by molar-refractivity contribution is 0.0940. The summed E-state index contributed by atoms with van der Waals surface area (Å²) in [6, 6.07) is 14.4. The fourth-order valence-corrected chi connectivity index (χ4v) is 3.73. The van der Waals surface area contributed by atoms with Gasteiger partial charge in [0.2, 0.25) is 10.0 Å². The first-order valence-corrected chi connectivity index (χ1v) is 11.0. The number of aromatic nitrogens is 2. The maximum Gasteiger partial charge on any atom is 0.251 e. The van der Waals surface area contributed by atoms with Gasteiger partial charge in [-0.15, -0.1) is 0 Å². The number of nitrogens with zero attached hydrogens (tertiary/aromatic N) is 2. The molecule has 0 aliphatic heterocycles. The van der Waals surface area contributed by atoms with Gasteiger partial charge in [-0.3, -0.25) is 9.52 Å². The van der Waals surface area contributed by atoms with Crippen molar-refractivity contribution >= 4 is 21.6 Å². The number of carbonyl (C=O) groups is 1. The van der Waals surface area contributed by atoms with Gasteiger partial charge in [-0.2, -0.15) is 5.10 Å². The van der Waals surface area contributed by atoms with E-state index in [1.807, 2.05) is 48.9 Å². The minimum absolute atomic E-state index is 0.271.